The smallest absolute Gasteiger partial charge is 0.331 e. The van der Waals surface area contributed by atoms with Crippen LogP contribution >= 0.6 is 11.3 Å². The molecule has 0 radical (unpaired) electrons. The van der Waals surface area contributed by atoms with Crippen molar-refractivity contribution in [3.05, 3.63) is 65.7 Å². The van der Waals surface area contributed by atoms with Gasteiger partial charge in [-0.3, -0.25) is 10.1 Å². The van der Waals surface area contributed by atoms with E-state index in [-0.39, 0.29) is 6.04 Å². The summed E-state index contributed by atoms with van der Waals surface area (Å²) < 4.78 is 6.72. The van der Waals surface area contributed by atoms with Gasteiger partial charge in [-0.15, -0.1) is 11.3 Å². The van der Waals surface area contributed by atoms with Gasteiger partial charge in [0, 0.05) is 23.9 Å². The van der Waals surface area contributed by atoms with Crippen LogP contribution in [-0.2, 0) is 14.3 Å². The first-order valence-electron chi connectivity index (χ1n) is 10.7. The topological polar surface area (TPSA) is 102 Å². The van der Waals surface area contributed by atoms with Crippen LogP contribution < -0.4 is 10.6 Å². The Bertz CT molecular complexity index is 1130. The SMILES string of the molecule is O=C(COC(=O)C=Cc1cn(-c2ccccc2)nc1-c1cccs1)NC(=O)NC1CCCC1. The van der Waals surface area contributed by atoms with Gasteiger partial charge < -0.3 is 10.1 Å². The molecular formula is C24H24N4O4S. The number of carbonyl (C=O) groups excluding carboxylic acids is 3. The normalized spacial score (nSPS) is 13.8. The number of benzene rings is 1. The van der Waals surface area contributed by atoms with E-state index in [1.165, 1.54) is 6.08 Å². The van der Waals surface area contributed by atoms with Gasteiger partial charge in [-0.2, -0.15) is 5.10 Å². The van der Waals surface area contributed by atoms with Crippen LogP contribution in [0.3, 0.4) is 0 Å². The molecule has 0 saturated heterocycles. The molecule has 170 valence electrons. The number of hydrogen-bond donors (Lipinski definition) is 2. The zero-order valence-electron chi connectivity index (χ0n) is 17.9. The summed E-state index contributed by atoms with van der Waals surface area (Å²) in [5, 5.41) is 11.6. The summed E-state index contributed by atoms with van der Waals surface area (Å²) in [6.45, 7) is -0.539. The summed E-state index contributed by atoms with van der Waals surface area (Å²) in [4.78, 5) is 36.8. The Hall–Kier alpha value is -3.72. The highest BCUT2D eigenvalue weighted by Crippen LogP contribution is 2.28. The van der Waals surface area contributed by atoms with Gasteiger partial charge in [-0.25, -0.2) is 14.3 Å². The lowest BCUT2D eigenvalue weighted by Crippen LogP contribution is -2.44. The fourth-order valence-electron chi connectivity index (χ4n) is 3.62. The van der Waals surface area contributed by atoms with E-state index in [4.69, 9.17) is 4.74 Å². The molecule has 2 N–H and O–H groups in total. The average molecular weight is 465 g/mol. The Morgan fingerprint density at radius 3 is 2.64 bits per heavy atom. The summed E-state index contributed by atoms with van der Waals surface area (Å²) in [5.41, 5.74) is 2.36. The molecule has 1 aliphatic rings. The number of amides is 3. The van der Waals surface area contributed by atoms with Crippen LogP contribution in [0.4, 0.5) is 4.79 Å². The molecule has 2 aromatic heterocycles. The zero-order chi connectivity index (χ0) is 23.0. The monoisotopic (exact) mass is 464 g/mol. The first-order valence-corrected chi connectivity index (χ1v) is 11.6. The van der Waals surface area contributed by atoms with Crippen molar-refractivity contribution < 1.29 is 19.1 Å². The Morgan fingerprint density at radius 2 is 1.91 bits per heavy atom. The number of thiophene rings is 1. The summed E-state index contributed by atoms with van der Waals surface area (Å²) in [5.74, 6) is -1.37. The van der Waals surface area contributed by atoms with Crippen LogP contribution in [0.25, 0.3) is 22.3 Å². The van der Waals surface area contributed by atoms with Crippen molar-refractivity contribution >= 4 is 35.3 Å². The van der Waals surface area contributed by atoms with Gasteiger partial charge in [0.15, 0.2) is 6.61 Å². The van der Waals surface area contributed by atoms with Crippen LogP contribution in [0.1, 0.15) is 31.2 Å². The van der Waals surface area contributed by atoms with Crippen molar-refractivity contribution in [3.63, 3.8) is 0 Å². The van der Waals surface area contributed by atoms with Gasteiger partial charge in [0.05, 0.1) is 10.6 Å². The highest BCUT2D eigenvalue weighted by Gasteiger charge is 2.18. The van der Waals surface area contributed by atoms with Crippen molar-refractivity contribution in [2.75, 3.05) is 6.61 Å². The molecule has 33 heavy (non-hydrogen) atoms. The second-order valence-electron chi connectivity index (χ2n) is 7.63. The molecule has 1 aliphatic carbocycles. The minimum atomic E-state index is -0.689. The van der Waals surface area contributed by atoms with Gasteiger partial charge in [0.2, 0.25) is 0 Å². The Morgan fingerprint density at radius 1 is 1.12 bits per heavy atom. The first kappa shape index (κ1) is 22.5. The predicted molar refractivity (Wildman–Crippen MR) is 126 cm³/mol. The molecule has 0 aliphatic heterocycles. The van der Waals surface area contributed by atoms with Gasteiger partial charge in [0.1, 0.15) is 5.69 Å². The second-order valence-corrected chi connectivity index (χ2v) is 8.58. The number of rotatable bonds is 7. The number of aromatic nitrogens is 2. The molecule has 2 heterocycles. The molecule has 8 nitrogen and oxygen atoms in total. The van der Waals surface area contributed by atoms with Crippen molar-refractivity contribution in [2.24, 2.45) is 0 Å². The van der Waals surface area contributed by atoms with Gasteiger partial charge in [-0.1, -0.05) is 37.1 Å². The summed E-state index contributed by atoms with van der Waals surface area (Å²) in [6, 6.07) is 13.1. The van der Waals surface area contributed by atoms with E-state index >= 15 is 0 Å². The molecule has 3 amide bonds. The third-order valence-corrected chi connectivity index (χ3v) is 6.08. The Balaban J connectivity index is 1.35. The number of nitrogens with zero attached hydrogens (tertiary/aromatic N) is 2. The first-order chi connectivity index (χ1) is 16.1. The van der Waals surface area contributed by atoms with Crippen molar-refractivity contribution in [2.45, 2.75) is 31.7 Å². The van der Waals surface area contributed by atoms with Gasteiger partial charge >= 0.3 is 12.0 Å². The third kappa shape index (κ3) is 6.17. The van der Waals surface area contributed by atoms with E-state index in [0.717, 1.165) is 47.5 Å². The average Bonchev–Trinajstić information content (AvgIpc) is 3.58. The second kappa shape index (κ2) is 10.7. The Labute approximate surface area is 195 Å². The minimum Gasteiger partial charge on any atom is -0.452 e. The maximum Gasteiger partial charge on any atom is 0.331 e. The minimum absolute atomic E-state index is 0.0950. The number of imide groups is 1. The van der Waals surface area contributed by atoms with Crippen molar-refractivity contribution in [3.8, 4) is 16.3 Å². The van der Waals surface area contributed by atoms with E-state index < -0.39 is 24.5 Å². The summed E-state index contributed by atoms with van der Waals surface area (Å²) in [6.07, 6.45) is 8.64. The predicted octanol–water partition coefficient (Wildman–Crippen LogP) is 3.93. The molecule has 4 rings (SSSR count). The molecule has 3 aromatic rings. The number of carbonyl (C=O) groups is 3. The number of esters is 1. The number of urea groups is 1. The standard InChI is InChI=1S/C24H24N4O4S/c29-21(26-24(31)25-18-7-4-5-8-18)16-32-22(30)13-12-17-15-28(19-9-2-1-3-10-19)27-23(17)20-11-6-14-33-20/h1-3,6,9-15,18H,4-5,7-8,16H2,(H2,25,26,29,31). The third-order valence-electron chi connectivity index (χ3n) is 5.21. The van der Waals surface area contributed by atoms with E-state index in [1.54, 1.807) is 22.1 Å². The zero-order valence-corrected chi connectivity index (χ0v) is 18.7. The van der Waals surface area contributed by atoms with E-state index in [0.29, 0.717) is 0 Å². The highest BCUT2D eigenvalue weighted by atomic mass is 32.1. The lowest BCUT2D eigenvalue weighted by molar-refractivity contribution is -0.143. The maximum absolute atomic E-state index is 12.1. The van der Waals surface area contributed by atoms with Crippen LogP contribution in [0.2, 0.25) is 0 Å². The molecule has 1 fully saturated rings. The lowest BCUT2D eigenvalue weighted by atomic mass is 10.2. The van der Waals surface area contributed by atoms with Gasteiger partial charge in [-0.05, 0) is 42.5 Å². The molecule has 1 saturated carbocycles. The summed E-state index contributed by atoms with van der Waals surface area (Å²) >= 11 is 1.55. The fourth-order valence-corrected chi connectivity index (χ4v) is 4.36. The van der Waals surface area contributed by atoms with Crippen molar-refractivity contribution in [1.29, 1.82) is 0 Å². The Kier molecular flexibility index (Phi) is 7.31. The van der Waals surface area contributed by atoms with E-state index in [2.05, 4.69) is 15.7 Å². The number of nitrogens with one attached hydrogen (secondary N) is 2. The van der Waals surface area contributed by atoms with E-state index in [9.17, 15) is 14.4 Å². The molecular weight excluding hydrogens is 440 g/mol. The molecule has 0 unspecified atom stereocenters. The molecule has 1 aromatic carbocycles. The summed E-state index contributed by atoms with van der Waals surface area (Å²) in [7, 11) is 0. The van der Waals surface area contributed by atoms with E-state index in [1.807, 2.05) is 54.0 Å². The fraction of sp³-hybridized carbons (Fsp3) is 0.250. The molecule has 0 atom stereocenters. The van der Waals surface area contributed by atoms with Crippen LogP contribution in [0.5, 0.6) is 0 Å². The molecule has 0 spiro atoms. The van der Waals surface area contributed by atoms with Crippen molar-refractivity contribution in [1.82, 2.24) is 20.4 Å². The molecule has 0 bridgehead atoms. The van der Waals surface area contributed by atoms with Gasteiger partial charge in [0.25, 0.3) is 5.91 Å². The number of ether oxygens (including phenoxy) is 1. The van der Waals surface area contributed by atoms with Crippen LogP contribution in [0.15, 0.2) is 60.1 Å². The maximum atomic E-state index is 12.1. The quantitative estimate of drug-likeness (QED) is 0.408. The number of hydrogen-bond acceptors (Lipinski definition) is 6. The highest BCUT2D eigenvalue weighted by molar-refractivity contribution is 7.13. The largest absolute Gasteiger partial charge is 0.452 e. The lowest BCUT2D eigenvalue weighted by Gasteiger charge is -2.12. The molecule has 9 heteroatoms. The van der Waals surface area contributed by atoms with Crippen LogP contribution in [0, 0.1) is 0 Å². The van der Waals surface area contributed by atoms with Crippen LogP contribution in [-0.4, -0.2) is 40.3 Å². The number of para-hydroxylation sites is 1.